The molecule has 0 aromatic carbocycles. The summed E-state index contributed by atoms with van der Waals surface area (Å²) in [6.07, 6.45) is 4.49. The second-order valence-corrected chi connectivity index (χ2v) is 3.60. The van der Waals surface area contributed by atoms with E-state index in [-0.39, 0.29) is 0 Å². The molecule has 2 heterocycles. The third-order valence-corrected chi connectivity index (χ3v) is 2.58. The summed E-state index contributed by atoms with van der Waals surface area (Å²) in [7, 11) is 0. The highest BCUT2D eigenvalue weighted by Crippen LogP contribution is 2.05. The van der Waals surface area contributed by atoms with Crippen LogP contribution in [0.25, 0.3) is 0 Å². The Morgan fingerprint density at radius 1 is 1.57 bits per heavy atom. The lowest BCUT2D eigenvalue weighted by molar-refractivity contribution is 0.488. The van der Waals surface area contributed by atoms with E-state index in [0.717, 1.165) is 29.2 Å². The van der Waals surface area contributed by atoms with Crippen LogP contribution >= 0.6 is 12.2 Å². The lowest BCUT2D eigenvalue weighted by atomic mass is 10.3. The highest BCUT2D eigenvalue weighted by Gasteiger charge is 2.00. The number of hydrogen-bond donors (Lipinski definition) is 1. The van der Waals surface area contributed by atoms with Gasteiger partial charge in [-0.15, -0.1) is 0 Å². The molecule has 74 valence electrons. The van der Waals surface area contributed by atoms with Gasteiger partial charge in [0.15, 0.2) is 4.77 Å². The Bertz CT molecular complexity index is 453. The smallest absolute Gasteiger partial charge is 0.177 e. The van der Waals surface area contributed by atoms with E-state index >= 15 is 0 Å². The number of furan rings is 1. The molecule has 4 heteroatoms. The molecule has 0 bridgehead atoms. The lowest BCUT2D eigenvalue weighted by Crippen LogP contribution is -2.02. The first kappa shape index (κ1) is 9.27. The van der Waals surface area contributed by atoms with Crippen molar-refractivity contribution in [2.45, 2.75) is 19.9 Å². The molecule has 0 fully saturated rings. The maximum absolute atomic E-state index is 5.25. The zero-order valence-electron chi connectivity index (χ0n) is 7.99. The van der Waals surface area contributed by atoms with Crippen molar-refractivity contribution in [3.63, 3.8) is 0 Å². The van der Waals surface area contributed by atoms with Gasteiger partial charge in [0.2, 0.25) is 0 Å². The van der Waals surface area contributed by atoms with Crippen molar-refractivity contribution in [3.8, 4) is 0 Å². The Hall–Kier alpha value is -1.29. The van der Waals surface area contributed by atoms with Crippen molar-refractivity contribution in [3.05, 3.63) is 40.8 Å². The van der Waals surface area contributed by atoms with Crippen molar-refractivity contribution in [1.29, 1.82) is 0 Å². The summed E-state index contributed by atoms with van der Waals surface area (Å²) >= 11 is 5.14. The van der Waals surface area contributed by atoms with Gasteiger partial charge >= 0.3 is 0 Å². The van der Waals surface area contributed by atoms with Gasteiger partial charge in [0, 0.05) is 24.9 Å². The molecule has 1 N–H and O–H groups in total. The summed E-state index contributed by atoms with van der Waals surface area (Å²) in [4.78, 5) is 3.01. The Balaban J connectivity index is 2.09. The molecule has 0 aliphatic carbocycles. The number of hydrogen-bond acceptors (Lipinski definition) is 2. The molecule has 0 aliphatic heterocycles. The van der Waals surface area contributed by atoms with E-state index in [1.54, 1.807) is 6.26 Å². The lowest BCUT2D eigenvalue weighted by Gasteiger charge is -2.02. The monoisotopic (exact) mass is 208 g/mol. The number of aromatic nitrogens is 2. The van der Waals surface area contributed by atoms with Gasteiger partial charge in [-0.25, -0.2) is 0 Å². The van der Waals surface area contributed by atoms with Crippen LogP contribution in [0.15, 0.2) is 29.0 Å². The number of nitrogens with one attached hydrogen (secondary N) is 1. The minimum atomic E-state index is 0.772. The summed E-state index contributed by atoms with van der Waals surface area (Å²) in [5.74, 6) is 0.993. The van der Waals surface area contributed by atoms with Crippen LogP contribution in [0.1, 0.15) is 11.5 Å². The first-order chi connectivity index (χ1) is 6.77. The van der Waals surface area contributed by atoms with Gasteiger partial charge in [-0.2, -0.15) is 0 Å². The second kappa shape index (κ2) is 3.84. The Labute approximate surface area is 87.4 Å². The highest BCUT2D eigenvalue weighted by atomic mass is 32.1. The summed E-state index contributed by atoms with van der Waals surface area (Å²) in [5, 5.41) is 0. The average molecular weight is 208 g/mol. The zero-order chi connectivity index (χ0) is 9.97. The van der Waals surface area contributed by atoms with Crippen LogP contribution in [0.5, 0.6) is 0 Å². The maximum atomic E-state index is 5.25. The second-order valence-electron chi connectivity index (χ2n) is 3.22. The molecular formula is C10H12N2OS. The normalized spacial score (nSPS) is 10.6. The molecule has 0 aliphatic rings. The van der Waals surface area contributed by atoms with E-state index < -0.39 is 0 Å². The molecule has 3 nitrogen and oxygen atoms in total. The van der Waals surface area contributed by atoms with Crippen LogP contribution in [-0.2, 0) is 13.0 Å². The maximum Gasteiger partial charge on any atom is 0.177 e. The van der Waals surface area contributed by atoms with Crippen LogP contribution in [0.2, 0.25) is 0 Å². The molecule has 0 saturated heterocycles. The van der Waals surface area contributed by atoms with Crippen LogP contribution < -0.4 is 0 Å². The van der Waals surface area contributed by atoms with Gasteiger partial charge in [0.1, 0.15) is 5.76 Å². The zero-order valence-corrected chi connectivity index (χ0v) is 8.80. The molecule has 0 unspecified atom stereocenters. The van der Waals surface area contributed by atoms with Crippen LogP contribution in [-0.4, -0.2) is 9.55 Å². The molecule has 0 amide bonds. The topological polar surface area (TPSA) is 33.9 Å². The number of nitrogens with zero attached hydrogens (tertiary/aromatic N) is 1. The number of rotatable bonds is 3. The van der Waals surface area contributed by atoms with E-state index in [9.17, 15) is 0 Å². The molecule has 14 heavy (non-hydrogen) atoms. The molecule has 2 aromatic heterocycles. The first-order valence-corrected chi connectivity index (χ1v) is 4.95. The minimum absolute atomic E-state index is 0.772. The van der Waals surface area contributed by atoms with Gasteiger partial charge in [-0.1, -0.05) is 0 Å². The Kier molecular flexibility index (Phi) is 2.54. The summed E-state index contributed by atoms with van der Waals surface area (Å²) in [6, 6.07) is 3.88. The number of aryl methyl sites for hydroxylation is 2. The van der Waals surface area contributed by atoms with E-state index in [0.29, 0.717) is 0 Å². The van der Waals surface area contributed by atoms with Crippen molar-refractivity contribution in [1.82, 2.24) is 9.55 Å². The quantitative estimate of drug-likeness (QED) is 0.787. The number of imidazole rings is 1. The number of H-pyrrole nitrogens is 1. The fraction of sp³-hybridized carbons (Fsp3) is 0.300. The van der Waals surface area contributed by atoms with Gasteiger partial charge in [0.25, 0.3) is 0 Å². The predicted molar refractivity (Wildman–Crippen MR) is 56.8 cm³/mol. The Morgan fingerprint density at radius 3 is 3.00 bits per heavy atom. The fourth-order valence-electron chi connectivity index (χ4n) is 1.44. The van der Waals surface area contributed by atoms with Crippen molar-refractivity contribution in [2.24, 2.45) is 0 Å². The SMILES string of the molecule is Cc1c[nH]c(=S)n1CCc1ccco1. The highest BCUT2D eigenvalue weighted by molar-refractivity contribution is 7.71. The Morgan fingerprint density at radius 2 is 2.43 bits per heavy atom. The van der Waals surface area contributed by atoms with Crippen LogP contribution in [0.4, 0.5) is 0 Å². The predicted octanol–water partition coefficient (Wildman–Crippen LogP) is 2.69. The molecule has 0 atom stereocenters. The first-order valence-electron chi connectivity index (χ1n) is 4.54. The van der Waals surface area contributed by atoms with Crippen molar-refractivity contribution in [2.75, 3.05) is 0 Å². The van der Waals surface area contributed by atoms with Gasteiger partial charge < -0.3 is 14.0 Å². The summed E-state index contributed by atoms with van der Waals surface area (Å²) in [6.45, 7) is 2.90. The molecule has 0 saturated carbocycles. The summed E-state index contributed by atoms with van der Waals surface area (Å²) < 4.78 is 8.09. The van der Waals surface area contributed by atoms with Crippen molar-refractivity contribution >= 4 is 12.2 Å². The van der Waals surface area contributed by atoms with Crippen LogP contribution in [0.3, 0.4) is 0 Å². The van der Waals surface area contributed by atoms with E-state index in [2.05, 4.69) is 9.55 Å². The van der Waals surface area contributed by atoms with Gasteiger partial charge in [-0.05, 0) is 31.3 Å². The van der Waals surface area contributed by atoms with E-state index in [1.807, 2.05) is 25.3 Å². The van der Waals surface area contributed by atoms with Crippen LogP contribution in [0, 0.1) is 11.7 Å². The molecule has 0 radical (unpaired) electrons. The van der Waals surface area contributed by atoms with E-state index in [1.165, 1.54) is 0 Å². The fourth-order valence-corrected chi connectivity index (χ4v) is 1.73. The van der Waals surface area contributed by atoms with Crippen molar-refractivity contribution < 1.29 is 4.42 Å². The number of aromatic amines is 1. The molecule has 2 rings (SSSR count). The molecule has 0 spiro atoms. The third kappa shape index (κ3) is 1.80. The minimum Gasteiger partial charge on any atom is -0.469 e. The molecule has 2 aromatic rings. The summed E-state index contributed by atoms with van der Waals surface area (Å²) in [5.41, 5.74) is 1.15. The van der Waals surface area contributed by atoms with Gasteiger partial charge in [-0.3, -0.25) is 0 Å². The van der Waals surface area contributed by atoms with E-state index in [4.69, 9.17) is 16.6 Å². The molecular weight excluding hydrogens is 196 g/mol. The average Bonchev–Trinajstić information content (AvgIpc) is 2.76. The van der Waals surface area contributed by atoms with Gasteiger partial charge in [0.05, 0.1) is 6.26 Å². The third-order valence-electron chi connectivity index (χ3n) is 2.24. The largest absolute Gasteiger partial charge is 0.469 e. The standard InChI is InChI=1S/C10H12N2OS/c1-8-7-11-10(14)12(8)5-4-9-3-2-6-13-9/h2-3,6-7H,4-5H2,1H3,(H,11,14).